The number of carbonyl (C=O) groups is 1. The molecule has 0 atom stereocenters. The molecular formula is C25H27F3N6O2. The Hall–Kier alpha value is -3.86. The lowest BCUT2D eigenvalue weighted by molar-refractivity contribution is 0.102. The predicted octanol–water partition coefficient (Wildman–Crippen LogP) is 3.65. The molecule has 1 amide bonds. The van der Waals surface area contributed by atoms with Gasteiger partial charge in [-0.05, 0) is 45.0 Å². The number of hydrogen-bond donors (Lipinski definition) is 3. The first-order valence-electron chi connectivity index (χ1n) is 11.7. The van der Waals surface area contributed by atoms with Crippen LogP contribution in [0.25, 0.3) is 5.69 Å². The van der Waals surface area contributed by atoms with E-state index >= 15 is 4.39 Å². The van der Waals surface area contributed by atoms with Gasteiger partial charge in [0.05, 0.1) is 17.1 Å². The molecule has 36 heavy (non-hydrogen) atoms. The number of halogens is 3. The first-order chi connectivity index (χ1) is 17.3. The number of nitrogens with zero attached hydrogens (tertiary/aromatic N) is 3. The highest BCUT2D eigenvalue weighted by atomic mass is 19.1. The van der Waals surface area contributed by atoms with Crippen molar-refractivity contribution in [3.05, 3.63) is 75.5 Å². The standard InChI is InChI=1S/C25H27F3N6O2/c1-3-30-22-15(14-29-2)23(33-11-4-5-12-33)20(13-18(22)28)31-25(36)19-9-10-21(35)34(32-19)24-16(26)7-6-8-17(24)27/h6-10,13,29-30H,3-5,11-12,14H2,1-2H3,(H,31,36). The van der Waals surface area contributed by atoms with Gasteiger partial charge in [-0.15, -0.1) is 0 Å². The zero-order valence-corrected chi connectivity index (χ0v) is 20.0. The molecule has 3 aromatic rings. The van der Waals surface area contributed by atoms with Gasteiger partial charge in [-0.25, -0.2) is 13.2 Å². The second-order valence-electron chi connectivity index (χ2n) is 8.36. The topological polar surface area (TPSA) is 91.3 Å². The smallest absolute Gasteiger partial charge is 0.276 e. The van der Waals surface area contributed by atoms with Crippen molar-refractivity contribution in [2.24, 2.45) is 0 Å². The van der Waals surface area contributed by atoms with Gasteiger partial charge in [-0.3, -0.25) is 9.59 Å². The van der Waals surface area contributed by atoms with E-state index in [1.54, 1.807) is 7.05 Å². The number of hydrogen-bond acceptors (Lipinski definition) is 6. The predicted molar refractivity (Wildman–Crippen MR) is 132 cm³/mol. The van der Waals surface area contributed by atoms with E-state index in [2.05, 4.69) is 25.9 Å². The number of rotatable bonds is 8. The lowest BCUT2D eigenvalue weighted by Gasteiger charge is -2.27. The number of para-hydroxylation sites is 1. The molecule has 0 saturated carbocycles. The summed E-state index contributed by atoms with van der Waals surface area (Å²) in [6.07, 6.45) is 1.92. The highest BCUT2D eigenvalue weighted by molar-refractivity contribution is 6.05. The van der Waals surface area contributed by atoms with Crippen LogP contribution in [0.1, 0.15) is 35.8 Å². The summed E-state index contributed by atoms with van der Waals surface area (Å²) in [6.45, 7) is 4.22. The fourth-order valence-electron chi connectivity index (χ4n) is 4.38. The molecule has 11 heteroatoms. The average Bonchev–Trinajstić information content (AvgIpc) is 3.37. The molecule has 0 spiro atoms. The maximum atomic E-state index is 15.2. The summed E-state index contributed by atoms with van der Waals surface area (Å²) in [5.74, 6) is -3.30. The van der Waals surface area contributed by atoms with Crippen molar-refractivity contribution in [1.29, 1.82) is 0 Å². The van der Waals surface area contributed by atoms with Gasteiger partial charge in [-0.1, -0.05) is 6.07 Å². The maximum Gasteiger partial charge on any atom is 0.276 e. The normalized spacial score (nSPS) is 13.2. The SMILES string of the molecule is CCNc1c(F)cc(NC(=O)c2ccc(=O)n(-c3c(F)cccc3F)n2)c(N2CCCC2)c1CNC. The van der Waals surface area contributed by atoms with E-state index < -0.39 is 34.6 Å². The molecule has 2 heterocycles. The van der Waals surface area contributed by atoms with E-state index in [0.717, 1.165) is 56.3 Å². The molecule has 3 N–H and O–H groups in total. The van der Waals surface area contributed by atoms with Crippen LogP contribution in [-0.4, -0.2) is 42.4 Å². The molecular weight excluding hydrogens is 473 g/mol. The largest absolute Gasteiger partial charge is 0.383 e. The molecule has 4 rings (SSSR count). The molecule has 1 fully saturated rings. The van der Waals surface area contributed by atoms with Gasteiger partial charge in [0.25, 0.3) is 11.5 Å². The Kier molecular flexibility index (Phi) is 7.58. The van der Waals surface area contributed by atoms with E-state index in [1.165, 1.54) is 6.07 Å². The second-order valence-corrected chi connectivity index (χ2v) is 8.36. The average molecular weight is 501 g/mol. The van der Waals surface area contributed by atoms with Crippen molar-refractivity contribution in [1.82, 2.24) is 15.1 Å². The van der Waals surface area contributed by atoms with Crippen LogP contribution in [0.2, 0.25) is 0 Å². The third-order valence-corrected chi connectivity index (χ3v) is 5.91. The first kappa shape index (κ1) is 25.2. The Balaban J connectivity index is 1.78. The van der Waals surface area contributed by atoms with Crippen molar-refractivity contribution >= 4 is 23.0 Å². The number of anilines is 3. The number of carbonyl (C=O) groups excluding carboxylic acids is 1. The van der Waals surface area contributed by atoms with Crippen LogP contribution >= 0.6 is 0 Å². The molecule has 2 aromatic carbocycles. The van der Waals surface area contributed by atoms with E-state index in [1.807, 2.05) is 6.92 Å². The molecule has 0 bridgehead atoms. The molecule has 1 aliphatic rings. The second kappa shape index (κ2) is 10.8. The lowest BCUT2D eigenvalue weighted by Crippen LogP contribution is -2.28. The summed E-state index contributed by atoms with van der Waals surface area (Å²) in [6, 6.07) is 6.52. The number of aromatic nitrogens is 2. The molecule has 0 unspecified atom stereocenters. The quantitative estimate of drug-likeness (QED) is 0.438. The van der Waals surface area contributed by atoms with E-state index in [9.17, 15) is 18.4 Å². The number of amides is 1. The van der Waals surface area contributed by atoms with Crippen LogP contribution in [0, 0.1) is 17.5 Å². The van der Waals surface area contributed by atoms with Crippen LogP contribution < -0.4 is 26.4 Å². The minimum absolute atomic E-state index is 0.239. The monoisotopic (exact) mass is 500 g/mol. The zero-order chi connectivity index (χ0) is 25.8. The number of nitrogens with one attached hydrogen (secondary N) is 3. The van der Waals surface area contributed by atoms with Gasteiger partial charge in [0.2, 0.25) is 0 Å². The summed E-state index contributed by atoms with van der Waals surface area (Å²) >= 11 is 0. The first-order valence-corrected chi connectivity index (χ1v) is 11.7. The Morgan fingerprint density at radius 2 is 1.72 bits per heavy atom. The Bertz CT molecular complexity index is 1320. The Labute approximate surface area is 206 Å². The molecule has 1 saturated heterocycles. The minimum atomic E-state index is -1.00. The third-order valence-electron chi connectivity index (χ3n) is 5.91. The zero-order valence-electron chi connectivity index (χ0n) is 20.0. The van der Waals surface area contributed by atoms with Gasteiger partial charge in [-0.2, -0.15) is 9.78 Å². The highest BCUT2D eigenvalue weighted by Crippen LogP contribution is 2.39. The maximum absolute atomic E-state index is 15.2. The van der Waals surface area contributed by atoms with Crippen molar-refractivity contribution in [3.63, 3.8) is 0 Å². The van der Waals surface area contributed by atoms with Crippen LogP contribution in [0.5, 0.6) is 0 Å². The van der Waals surface area contributed by atoms with E-state index in [0.29, 0.717) is 34.7 Å². The summed E-state index contributed by atoms with van der Waals surface area (Å²) in [4.78, 5) is 27.6. The summed E-state index contributed by atoms with van der Waals surface area (Å²) in [7, 11) is 1.75. The minimum Gasteiger partial charge on any atom is -0.383 e. The fraction of sp³-hybridized carbons (Fsp3) is 0.320. The summed E-state index contributed by atoms with van der Waals surface area (Å²) in [5.41, 5.74) is 0.175. The molecule has 0 aliphatic carbocycles. The van der Waals surface area contributed by atoms with Gasteiger partial charge >= 0.3 is 0 Å². The van der Waals surface area contributed by atoms with Crippen LogP contribution in [0.15, 0.2) is 41.2 Å². The molecule has 1 aromatic heterocycles. The highest BCUT2D eigenvalue weighted by Gasteiger charge is 2.26. The molecule has 1 aliphatic heterocycles. The van der Waals surface area contributed by atoms with Crippen molar-refractivity contribution in [2.75, 3.05) is 42.2 Å². The molecule has 8 nitrogen and oxygen atoms in total. The summed E-state index contributed by atoms with van der Waals surface area (Å²) < 4.78 is 44.2. The van der Waals surface area contributed by atoms with Crippen molar-refractivity contribution < 1.29 is 18.0 Å². The van der Waals surface area contributed by atoms with E-state index in [4.69, 9.17) is 0 Å². The van der Waals surface area contributed by atoms with E-state index in [-0.39, 0.29) is 11.4 Å². The molecule has 190 valence electrons. The third kappa shape index (κ3) is 4.92. The van der Waals surface area contributed by atoms with Gasteiger partial charge in [0.15, 0.2) is 11.6 Å². The fourth-order valence-corrected chi connectivity index (χ4v) is 4.38. The molecule has 0 radical (unpaired) electrons. The number of benzene rings is 2. The lowest BCUT2D eigenvalue weighted by atomic mass is 10.1. The van der Waals surface area contributed by atoms with Crippen molar-refractivity contribution in [3.8, 4) is 5.69 Å². The van der Waals surface area contributed by atoms with Gasteiger partial charge in [0, 0.05) is 43.9 Å². The van der Waals surface area contributed by atoms with Gasteiger partial charge in [0.1, 0.15) is 17.2 Å². The van der Waals surface area contributed by atoms with Crippen LogP contribution in [0.3, 0.4) is 0 Å². The summed E-state index contributed by atoms with van der Waals surface area (Å²) in [5, 5.41) is 12.7. The Morgan fingerprint density at radius 1 is 1.03 bits per heavy atom. The van der Waals surface area contributed by atoms with Crippen LogP contribution in [-0.2, 0) is 6.54 Å². The van der Waals surface area contributed by atoms with Gasteiger partial charge < -0.3 is 20.9 Å². The Morgan fingerprint density at radius 3 is 2.36 bits per heavy atom. The van der Waals surface area contributed by atoms with Crippen molar-refractivity contribution in [2.45, 2.75) is 26.3 Å². The van der Waals surface area contributed by atoms with Crippen LogP contribution in [0.4, 0.5) is 30.2 Å².